The summed E-state index contributed by atoms with van der Waals surface area (Å²) in [6.07, 6.45) is 0. The van der Waals surface area contributed by atoms with E-state index in [0.29, 0.717) is 5.75 Å². The Kier molecular flexibility index (Phi) is 4.69. The number of ketones is 1. The van der Waals surface area contributed by atoms with Crippen molar-refractivity contribution < 1.29 is 4.79 Å². The number of thioether (sulfide) groups is 1. The Morgan fingerprint density at radius 1 is 1.50 bits per heavy atom. The van der Waals surface area contributed by atoms with Crippen LogP contribution in [0, 0.1) is 6.92 Å². The molecule has 0 radical (unpaired) electrons. The van der Waals surface area contributed by atoms with Crippen LogP contribution >= 0.6 is 55.0 Å². The van der Waals surface area contributed by atoms with Crippen molar-refractivity contribution in [2.24, 2.45) is 7.05 Å². The lowest BCUT2D eigenvalue weighted by Gasteiger charge is -2.00. The maximum absolute atomic E-state index is 12.1. The predicted octanol–water partition coefficient (Wildman–Crippen LogP) is 4.29. The molecule has 2 aromatic rings. The molecule has 0 unspecified atom stereocenters. The number of hydrogen-bond acceptors (Lipinski definition) is 4. The molecule has 2 aromatic heterocycles. The van der Waals surface area contributed by atoms with Gasteiger partial charge in [0.2, 0.25) is 0 Å². The van der Waals surface area contributed by atoms with Crippen molar-refractivity contribution >= 4 is 60.7 Å². The second-order valence-electron chi connectivity index (χ2n) is 3.70. The molecule has 18 heavy (non-hydrogen) atoms. The van der Waals surface area contributed by atoms with Crippen LogP contribution in [0.3, 0.4) is 0 Å². The van der Waals surface area contributed by atoms with E-state index in [9.17, 15) is 4.79 Å². The fourth-order valence-electron chi connectivity index (χ4n) is 1.47. The molecule has 0 aromatic carbocycles. The zero-order chi connectivity index (χ0) is 13.3. The number of hydrogen-bond donors (Lipinski definition) is 0. The normalized spacial score (nSPS) is 10.9. The van der Waals surface area contributed by atoms with E-state index in [1.165, 1.54) is 23.1 Å². The molecule has 0 amide bonds. The van der Waals surface area contributed by atoms with Crippen LogP contribution in [-0.2, 0) is 7.05 Å². The highest BCUT2D eigenvalue weighted by atomic mass is 79.9. The van der Waals surface area contributed by atoms with Gasteiger partial charge in [-0.3, -0.25) is 9.48 Å². The number of halogens is 2. The summed E-state index contributed by atoms with van der Waals surface area (Å²) in [5.41, 5.74) is 1.70. The monoisotopic (exact) mass is 408 g/mol. The van der Waals surface area contributed by atoms with Crippen molar-refractivity contribution in [2.45, 2.75) is 11.9 Å². The molecule has 0 N–H and O–H groups in total. The van der Waals surface area contributed by atoms with Crippen molar-refractivity contribution in [1.82, 2.24) is 9.78 Å². The van der Waals surface area contributed by atoms with Crippen LogP contribution in [0.5, 0.6) is 0 Å². The molecule has 0 aliphatic carbocycles. The van der Waals surface area contributed by atoms with E-state index >= 15 is 0 Å². The van der Waals surface area contributed by atoms with Gasteiger partial charge in [-0.25, -0.2) is 0 Å². The largest absolute Gasteiger partial charge is 0.293 e. The molecular formula is C11H10Br2N2OS2. The molecule has 3 nitrogen and oxygen atoms in total. The predicted molar refractivity (Wildman–Crippen MR) is 82.7 cm³/mol. The first kappa shape index (κ1) is 14.3. The molecular weight excluding hydrogens is 400 g/mol. The fraction of sp³-hybridized carbons (Fsp3) is 0.273. The van der Waals surface area contributed by atoms with Gasteiger partial charge < -0.3 is 0 Å². The topological polar surface area (TPSA) is 34.9 Å². The molecule has 0 saturated carbocycles. The maximum Gasteiger partial charge on any atom is 0.175 e. The SMILES string of the molecule is Cc1cc(SCC(=O)c2cc(Br)sc2Br)n(C)n1. The molecule has 2 heterocycles. The number of Topliss-reactive ketones (excluding diaryl/α,β-unsaturated/α-hetero) is 1. The molecule has 0 fully saturated rings. The lowest BCUT2D eigenvalue weighted by molar-refractivity contribution is 0.102. The minimum atomic E-state index is 0.118. The van der Waals surface area contributed by atoms with Gasteiger partial charge in [0.25, 0.3) is 0 Å². The van der Waals surface area contributed by atoms with Gasteiger partial charge in [0.15, 0.2) is 5.78 Å². The molecule has 96 valence electrons. The van der Waals surface area contributed by atoms with Crippen LogP contribution in [0.2, 0.25) is 0 Å². The summed E-state index contributed by atoms with van der Waals surface area (Å²) in [5.74, 6) is 0.536. The summed E-state index contributed by atoms with van der Waals surface area (Å²) in [6, 6.07) is 3.84. The molecule has 2 rings (SSSR count). The first-order valence-electron chi connectivity index (χ1n) is 5.09. The average Bonchev–Trinajstić information content (AvgIpc) is 2.78. The number of nitrogens with zero attached hydrogens (tertiary/aromatic N) is 2. The summed E-state index contributed by atoms with van der Waals surface area (Å²) < 4.78 is 3.63. The lowest BCUT2D eigenvalue weighted by atomic mass is 10.2. The summed E-state index contributed by atoms with van der Waals surface area (Å²) in [7, 11) is 1.89. The van der Waals surface area contributed by atoms with Gasteiger partial charge in [-0.15, -0.1) is 11.3 Å². The summed E-state index contributed by atoms with van der Waals surface area (Å²) in [6.45, 7) is 1.94. The molecule has 0 bridgehead atoms. The highest BCUT2D eigenvalue weighted by Crippen LogP contribution is 2.33. The number of thiophene rings is 1. The van der Waals surface area contributed by atoms with Gasteiger partial charge in [-0.2, -0.15) is 5.10 Å². The standard InChI is InChI=1S/C11H10Br2N2OS2/c1-6-3-10(15(2)14-6)17-5-8(16)7-4-9(12)18-11(7)13/h3-4H,5H2,1-2H3. The highest BCUT2D eigenvalue weighted by molar-refractivity contribution is 9.12. The minimum absolute atomic E-state index is 0.118. The molecule has 7 heteroatoms. The Morgan fingerprint density at radius 3 is 2.72 bits per heavy atom. The Labute approximate surface area is 130 Å². The van der Waals surface area contributed by atoms with E-state index in [1.54, 1.807) is 4.68 Å². The third-order valence-electron chi connectivity index (χ3n) is 2.27. The van der Waals surface area contributed by atoms with Crippen molar-refractivity contribution in [3.8, 4) is 0 Å². The molecule has 0 saturated heterocycles. The Hall–Kier alpha value is -0.110. The summed E-state index contributed by atoms with van der Waals surface area (Å²) >= 11 is 9.80. The van der Waals surface area contributed by atoms with Crippen LogP contribution in [-0.4, -0.2) is 21.3 Å². The molecule has 0 aliphatic rings. The highest BCUT2D eigenvalue weighted by Gasteiger charge is 2.15. The zero-order valence-electron chi connectivity index (χ0n) is 9.74. The molecule has 0 spiro atoms. The number of rotatable bonds is 4. The second kappa shape index (κ2) is 5.90. The van der Waals surface area contributed by atoms with Crippen molar-refractivity contribution in [2.75, 3.05) is 5.75 Å². The van der Waals surface area contributed by atoms with Gasteiger partial charge >= 0.3 is 0 Å². The van der Waals surface area contributed by atoms with E-state index in [4.69, 9.17) is 0 Å². The van der Waals surface area contributed by atoms with Crippen LogP contribution in [0.4, 0.5) is 0 Å². The van der Waals surface area contributed by atoms with Gasteiger partial charge in [-0.1, -0.05) is 11.8 Å². The average molecular weight is 410 g/mol. The number of aryl methyl sites for hydroxylation is 2. The van der Waals surface area contributed by atoms with E-state index in [1.807, 2.05) is 26.1 Å². The first-order valence-corrected chi connectivity index (χ1v) is 8.47. The van der Waals surface area contributed by atoms with Crippen LogP contribution in [0.25, 0.3) is 0 Å². The van der Waals surface area contributed by atoms with Crippen molar-refractivity contribution in [3.05, 3.63) is 31.0 Å². The smallest absolute Gasteiger partial charge is 0.175 e. The zero-order valence-corrected chi connectivity index (χ0v) is 14.5. The van der Waals surface area contributed by atoms with Gasteiger partial charge in [0, 0.05) is 12.6 Å². The van der Waals surface area contributed by atoms with Crippen LogP contribution in [0.1, 0.15) is 16.1 Å². The third kappa shape index (κ3) is 3.26. The van der Waals surface area contributed by atoms with Gasteiger partial charge in [0.05, 0.1) is 24.0 Å². The first-order chi connectivity index (χ1) is 8.47. The van der Waals surface area contributed by atoms with Crippen LogP contribution in [0.15, 0.2) is 24.7 Å². The third-order valence-corrected chi connectivity index (χ3v) is 5.69. The van der Waals surface area contributed by atoms with E-state index in [0.717, 1.165) is 23.9 Å². The summed E-state index contributed by atoms with van der Waals surface area (Å²) in [4.78, 5) is 12.1. The van der Waals surface area contributed by atoms with Gasteiger partial charge in [-0.05, 0) is 50.9 Å². The molecule has 0 aliphatic heterocycles. The van der Waals surface area contributed by atoms with E-state index < -0.39 is 0 Å². The second-order valence-corrected chi connectivity index (χ2v) is 8.44. The Morgan fingerprint density at radius 2 is 2.22 bits per heavy atom. The van der Waals surface area contributed by atoms with Gasteiger partial charge in [0.1, 0.15) is 0 Å². The van der Waals surface area contributed by atoms with E-state index in [2.05, 4.69) is 37.0 Å². The lowest BCUT2D eigenvalue weighted by Crippen LogP contribution is -2.02. The Bertz CT molecular complexity index is 592. The minimum Gasteiger partial charge on any atom is -0.293 e. The fourth-order valence-corrected chi connectivity index (χ4v) is 5.24. The van der Waals surface area contributed by atoms with Crippen LogP contribution < -0.4 is 0 Å². The Balaban J connectivity index is 2.05. The maximum atomic E-state index is 12.1. The quantitative estimate of drug-likeness (QED) is 0.558. The number of carbonyl (C=O) groups excluding carboxylic acids is 1. The number of carbonyl (C=O) groups is 1. The van der Waals surface area contributed by atoms with Crippen molar-refractivity contribution in [1.29, 1.82) is 0 Å². The molecule has 0 atom stereocenters. The van der Waals surface area contributed by atoms with E-state index in [-0.39, 0.29) is 5.78 Å². The summed E-state index contributed by atoms with van der Waals surface area (Å²) in [5, 5.41) is 5.26. The number of aromatic nitrogens is 2. The van der Waals surface area contributed by atoms with Crippen molar-refractivity contribution in [3.63, 3.8) is 0 Å².